The van der Waals surface area contributed by atoms with Crippen LogP contribution in [0.15, 0.2) is 60.7 Å². The van der Waals surface area contributed by atoms with Gasteiger partial charge in [-0.15, -0.1) is 0 Å². The van der Waals surface area contributed by atoms with E-state index in [1.54, 1.807) is 0 Å². The normalized spacial score (nSPS) is 11.0. The van der Waals surface area contributed by atoms with Gasteiger partial charge >= 0.3 is 0 Å². The summed E-state index contributed by atoms with van der Waals surface area (Å²) in [7, 11) is 0. The zero-order chi connectivity index (χ0) is 14.7. The third kappa shape index (κ3) is 3.22. The molecule has 2 nitrogen and oxygen atoms in total. The van der Waals surface area contributed by atoms with Crippen LogP contribution in [0, 0.1) is 0 Å². The lowest BCUT2D eigenvalue weighted by Crippen LogP contribution is -2.01. The summed E-state index contributed by atoms with van der Waals surface area (Å²) >= 11 is 0. The molecule has 3 aromatic rings. The first kappa shape index (κ1) is 13.6. The lowest BCUT2D eigenvalue weighted by molar-refractivity contribution is 0.866. The first-order valence-corrected chi connectivity index (χ1v) is 7.41. The fraction of sp³-hybridized carbons (Fsp3) is 0.211. The van der Waals surface area contributed by atoms with Gasteiger partial charge in [-0.25, -0.2) is 0 Å². The highest BCUT2D eigenvalue weighted by molar-refractivity contribution is 5.78. The van der Waals surface area contributed by atoms with E-state index in [0.29, 0.717) is 5.92 Å². The number of hydrogen-bond acceptors (Lipinski definition) is 2. The Bertz CT molecular complexity index is 730. The van der Waals surface area contributed by atoms with Gasteiger partial charge in [0.25, 0.3) is 0 Å². The maximum Gasteiger partial charge on any atom is 0.0706 e. The molecule has 0 unspecified atom stereocenters. The summed E-state index contributed by atoms with van der Waals surface area (Å²) in [5.41, 5.74) is 4.60. The number of aromatic nitrogens is 1. The molecule has 0 aliphatic heterocycles. The number of nitrogens with one attached hydrogen (secondary N) is 1. The summed E-state index contributed by atoms with van der Waals surface area (Å²) in [6.45, 7) is 5.16. The van der Waals surface area contributed by atoms with Gasteiger partial charge in [-0.3, -0.25) is 4.98 Å². The first-order valence-electron chi connectivity index (χ1n) is 7.41. The third-order valence-corrected chi connectivity index (χ3v) is 3.71. The van der Waals surface area contributed by atoms with E-state index in [0.717, 1.165) is 23.4 Å². The molecule has 0 bridgehead atoms. The quantitative estimate of drug-likeness (QED) is 0.727. The van der Waals surface area contributed by atoms with Crippen LogP contribution >= 0.6 is 0 Å². The fourth-order valence-electron chi connectivity index (χ4n) is 2.39. The van der Waals surface area contributed by atoms with Gasteiger partial charge in [0.2, 0.25) is 0 Å². The Labute approximate surface area is 125 Å². The summed E-state index contributed by atoms with van der Waals surface area (Å²) in [6.07, 6.45) is 0. The molecule has 0 spiro atoms. The van der Waals surface area contributed by atoms with Crippen LogP contribution in [0.4, 0.5) is 5.69 Å². The summed E-state index contributed by atoms with van der Waals surface area (Å²) in [6, 6.07) is 21.0. The largest absolute Gasteiger partial charge is 0.379 e. The van der Waals surface area contributed by atoms with Crippen molar-refractivity contribution in [2.24, 2.45) is 0 Å². The van der Waals surface area contributed by atoms with Gasteiger partial charge in [0.1, 0.15) is 0 Å². The maximum atomic E-state index is 4.67. The van der Waals surface area contributed by atoms with Gasteiger partial charge in [-0.2, -0.15) is 0 Å². The molecular formula is C19H20N2. The number of benzene rings is 2. The molecule has 21 heavy (non-hydrogen) atoms. The molecule has 0 fully saturated rings. The summed E-state index contributed by atoms with van der Waals surface area (Å²) in [5.74, 6) is 0.571. The van der Waals surface area contributed by atoms with Gasteiger partial charge in [0.05, 0.1) is 17.8 Å². The minimum absolute atomic E-state index is 0.571. The SMILES string of the molecule is CC(C)c1ccc(NCc2ccc3ccccc3n2)cc1. The van der Waals surface area contributed by atoms with Crippen molar-refractivity contribution in [3.63, 3.8) is 0 Å². The Hall–Kier alpha value is -2.35. The maximum absolute atomic E-state index is 4.67. The van der Waals surface area contributed by atoms with E-state index < -0.39 is 0 Å². The Morgan fingerprint density at radius 3 is 2.43 bits per heavy atom. The van der Waals surface area contributed by atoms with Gasteiger partial charge < -0.3 is 5.32 Å². The Morgan fingerprint density at radius 2 is 1.67 bits per heavy atom. The van der Waals surface area contributed by atoms with E-state index in [4.69, 9.17) is 0 Å². The van der Waals surface area contributed by atoms with Crippen LogP contribution in [0.3, 0.4) is 0 Å². The van der Waals surface area contributed by atoms with E-state index in [1.807, 2.05) is 12.1 Å². The van der Waals surface area contributed by atoms with E-state index in [9.17, 15) is 0 Å². The topological polar surface area (TPSA) is 24.9 Å². The Balaban J connectivity index is 1.71. The highest BCUT2D eigenvalue weighted by atomic mass is 14.9. The van der Waals surface area contributed by atoms with Crippen molar-refractivity contribution in [3.8, 4) is 0 Å². The van der Waals surface area contributed by atoms with Crippen LogP contribution in [0.2, 0.25) is 0 Å². The smallest absolute Gasteiger partial charge is 0.0706 e. The van der Waals surface area contributed by atoms with Crippen LogP contribution < -0.4 is 5.32 Å². The van der Waals surface area contributed by atoms with Crippen molar-refractivity contribution in [2.75, 3.05) is 5.32 Å². The molecule has 2 aromatic carbocycles. The predicted molar refractivity (Wildman–Crippen MR) is 89.6 cm³/mol. The second-order valence-corrected chi connectivity index (χ2v) is 5.63. The molecule has 1 heterocycles. The molecule has 1 aromatic heterocycles. The van der Waals surface area contributed by atoms with Crippen LogP contribution in [-0.4, -0.2) is 4.98 Å². The highest BCUT2D eigenvalue weighted by Gasteiger charge is 2.00. The Kier molecular flexibility index (Phi) is 3.87. The lowest BCUT2D eigenvalue weighted by Gasteiger charge is -2.09. The number of nitrogens with zero attached hydrogens (tertiary/aromatic N) is 1. The van der Waals surface area contributed by atoms with E-state index in [2.05, 4.69) is 72.7 Å². The first-order chi connectivity index (χ1) is 10.2. The average Bonchev–Trinajstić information content (AvgIpc) is 2.53. The zero-order valence-electron chi connectivity index (χ0n) is 12.5. The second-order valence-electron chi connectivity index (χ2n) is 5.63. The van der Waals surface area contributed by atoms with E-state index >= 15 is 0 Å². The molecule has 0 aliphatic rings. The summed E-state index contributed by atoms with van der Waals surface area (Å²) in [5, 5.41) is 4.61. The molecule has 0 amide bonds. The van der Waals surface area contributed by atoms with Gasteiger partial charge in [0.15, 0.2) is 0 Å². The number of fused-ring (bicyclic) bond motifs is 1. The van der Waals surface area contributed by atoms with Crippen LogP contribution in [0.5, 0.6) is 0 Å². The van der Waals surface area contributed by atoms with Gasteiger partial charge in [-0.05, 0) is 35.7 Å². The average molecular weight is 276 g/mol. The van der Waals surface area contributed by atoms with Crippen molar-refractivity contribution < 1.29 is 0 Å². The standard InChI is InChI=1S/C19H20N2/c1-14(2)15-7-10-17(11-8-15)20-13-18-12-9-16-5-3-4-6-19(16)21-18/h3-12,14,20H,13H2,1-2H3. The molecular weight excluding hydrogens is 256 g/mol. The van der Waals surface area contributed by atoms with Crippen molar-refractivity contribution in [3.05, 3.63) is 71.9 Å². The molecule has 2 heteroatoms. The number of hydrogen-bond donors (Lipinski definition) is 1. The van der Waals surface area contributed by atoms with Crippen molar-refractivity contribution in [2.45, 2.75) is 26.3 Å². The highest BCUT2D eigenvalue weighted by Crippen LogP contribution is 2.18. The third-order valence-electron chi connectivity index (χ3n) is 3.71. The Morgan fingerprint density at radius 1 is 0.905 bits per heavy atom. The fourth-order valence-corrected chi connectivity index (χ4v) is 2.39. The molecule has 106 valence electrons. The van der Waals surface area contributed by atoms with Crippen LogP contribution in [0.25, 0.3) is 10.9 Å². The van der Waals surface area contributed by atoms with Gasteiger partial charge in [-0.1, -0.05) is 50.2 Å². The lowest BCUT2D eigenvalue weighted by atomic mass is 10.0. The van der Waals surface area contributed by atoms with Crippen LogP contribution in [0.1, 0.15) is 31.0 Å². The van der Waals surface area contributed by atoms with Crippen molar-refractivity contribution in [1.82, 2.24) is 4.98 Å². The number of anilines is 1. The number of rotatable bonds is 4. The second kappa shape index (κ2) is 5.96. The molecule has 0 aliphatic carbocycles. The molecule has 0 radical (unpaired) electrons. The van der Waals surface area contributed by atoms with E-state index in [1.165, 1.54) is 10.9 Å². The number of pyridine rings is 1. The molecule has 1 N–H and O–H groups in total. The minimum Gasteiger partial charge on any atom is -0.379 e. The van der Waals surface area contributed by atoms with Gasteiger partial charge in [0, 0.05) is 11.1 Å². The van der Waals surface area contributed by atoms with Crippen LogP contribution in [-0.2, 0) is 6.54 Å². The summed E-state index contributed by atoms with van der Waals surface area (Å²) < 4.78 is 0. The summed E-state index contributed by atoms with van der Waals surface area (Å²) in [4.78, 5) is 4.67. The molecule has 0 atom stereocenters. The predicted octanol–water partition coefficient (Wildman–Crippen LogP) is 4.97. The number of para-hydroxylation sites is 1. The van der Waals surface area contributed by atoms with Crippen molar-refractivity contribution >= 4 is 16.6 Å². The van der Waals surface area contributed by atoms with E-state index in [-0.39, 0.29) is 0 Å². The van der Waals surface area contributed by atoms with Crippen molar-refractivity contribution in [1.29, 1.82) is 0 Å². The molecule has 0 saturated carbocycles. The zero-order valence-corrected chi connectivity index (χ0v) is 12.5. The monoisotopic (exact) mass is 276 g/mol. The molecule has 0 saturated heterocycles. The minimum atomic E-state index is 0.571. The molecule has 3 rings (SSSR count).